The molecule has 2 fully saturated rings. The minimum Gasteiger partial charge on any atom is -0.0654 e. The van der Waals surface area contributed by atoms with E-state index in [1.54, 1.807) is 19.3 Å². The molecule has 4 atom stereocenters. The Balaban J connectivity index is 1.46. The molecule has 0 amide bonds. The molecule has 0 saturated heterocycles. The highest BCUT2D eigenvalue weighted by molar-refractivity contribution is 5.08. The molecule has 0 radical (unpaired) electrons. The highest BCUT2D eigenvalue weighted by atomic mass is 14.6. The SMILES string of the molecule is CCCCCCCCCC1C(CCCCCC)C2CC12. The molecule has 20 heavy (non-hydrogen) atoms. The highest BCUT2D eigenvalue weighted by Gasteiger charge is 2.59. The van der Waals surface area contributed by atoms with Gasteiger partial charge in [0, 0.05) is 0 Å². The summed E-state index contributed by atoms with van der Waals surface area (Å²) in [4.78, 5) is 0. The van der Waals surface area contributed by atoms with E-state index < -0.39 is 0 Å². The molecule has 0 N–H and O–H groups in total. The van der Waals surface area contributed by atoms with E-state index >= 15 is 0 Å². The summed E-state index contributed by atoms with van der Waals surface area (Å²) in [5.41, 5.74) is 0. The molecule has 0 bridgehead atoms. The molecule has 0 aliphatic heterocycles. The fourth-order valence-electron chi connectivity index (χ4n) is 4.71. The quantitative estimate of drug-likeness (QED) is 0.319. The van der Waals surface area contributed by atoms with Crippen LogP contribution in [-0.4, -0.2) is 0 Å². The summed E-state index contributed by atoms with van der Waals surface area (Å²) in [6, 6.07) is 0. The van der Waals surface area contributed by atoms with Crippen LogP contribution < -0.4 is 0 Å². The van der Waals surface area contributed by atoms with Crippen molar-refractivity contribution in [1.29, 1.82) is 0 Å². The third-order valence-corrected chi connectivity index (χ3v) is 6.07. The Morgan fingerprint density at radius 2 is 0.950 bits per heavy atom. The van der Waals surface area contributed by atoms with Gasteiger partial charge in [-0.15, -0.1) is 0 Å². The van der Waals surface area contributed by atoms with Crippen LogP contribution in [0.1, 0.15) is 104 Å². The number of fused-ring (bicyclic) bond motifs is 1. The standard InChI is InChI=1S/C20H38/c1-3-5-7-9-10-11-13-15-18-17(19-16-20(18)19)14-12-8-6-4-2/h17-20H,3-16H2,1-2H3. The smallest absolute Gasteiger partial charge is 0.0349 e. The fourth-order valence-corrected chi connectivity index (χ4v) is 4.71. The molecule has 2 aliphatic rings. The summed E-state index contributed by atoms with van der Waals surface area (Å²) >= 11 is 0. The first-order valence-electron chi connectivity index (χ1n) is 9.88. The van der Waals surface area contributed by atoms with Crippen molar-refractivity contribution < 1.29 is 0 Å². The van der Waals surface area contributed by atoms with Crippen molar-refractivity contribution in [2.24, 2.45) is 23.7 Å². The van der Waals surface area contributed by atoms with Gasteiger partial charge in [0.25, 0.3) is 0 Å². The van der Waals surface area contributed by atoms with E-state index in [0.717, 1.165) is 11.8 Å². The van der Waals surface area contributed by atoms with Gasteiger partial charge in [0.2, 0.25) is 0 Å². The first kappa shape index (κ1) is 16.4. The average Bonchev–Trinajstić information content (AvgIpc) is 3.16. The Labute approximate surface area is 128 Å². The van der Waals surface area contributed by atoms with Gasteiger partial charge in [-0.2, -0.15) is 0 Å². The molecule has 0 aromatic heterocycles. The minimum atomic E-state index is 1.16. The van der Waals surface area contributed by atoms with E-state index in [4.69, 9.17) is 0 Å². The Hall–Kier alpha value is 0. The predicted molar refractivity (Wildman–Crippen MR) is 89.9 cm³/mol. The fraction of sp³-hybridized carbons (Fsp3) is 1.00. The van der Waals surface area contributed by atoms with Crippen LogP contribution in [0.2, 0.25) is 0 Å². The Kier molecular flexibility index (Phi) is 7.45. The lowest BCUT2D eigenvalue weighted by Gasteiger charge is -2.36. The molecule has 4 unspecified atom stereocenters. The van der Waals surface area contributed by atoms with Gasteiger partial charge in [-0.3, -0.25) is 0 Å². The van der Waals surface area contributed by atoms with Crippen LogP contribution in [0.25, 0.3) is 0 Å². The maximum Gasteiger partial charge on any atom is -0.0349 e. The molecule has 0 aromatic carbocycles. The van der Waals surface area contributed by atoms with Crippen LogP contribution in [0, 0.1) is 23.7 Å². The summed E-state index contributed by atoms with van der Waals surface area (Å²) in [5, 5.41) is 0. The first-order valence-corrected chi connectivity index (χ1v) is 9.88. The lowest BCUT2D eigenvalue weighted by molar-refractivity contribution is 0.125. The zero-order valence-corrected chi connectivity index (χ0v) is 14.2. The van der Waals surface area contributed by atoms with Crippen LogP contribution in [0.4, 0.5) is 0 Å². The number of unbranched alkanes of at least 4 members (excludes halogenated alkanes) is 9. The molecule has 2 aliphatic carbocycles. The van der Waals surface area contributed by atoms with Crippen molar-refractivity contribution in [3.8, 4) is 0 Å². The lowest BCUT2D eigenvalue weighted by atomic mass is 9.69. The molecule has 2 saturated carbocycles. The summed E-state index contributed by atoms with van der Waals surface area (Å²) in [5.74, 6) is 4.73. The third kappa shape index (κ3) is 4.78. The van der Waals surface area contributed by atoms with E-state index in [-0.39, 0.29) is 0 Å². The van der Waals surface area contributed by atoms with E-state index in [0.29, 0.717) is 0 Å². The van der Waals surface area contributed by atoms with E-state index in [9.17, 15) is 0 Å². The topological polar surface area (TPSA) is 0 Å². The number of hydrogen-bond acceptors (Lipinski definition) is 0. The molecule has 2 rings (SSSR count). The van der Waals surface area contributed by atoms with Gasteiger partial charge in [0.15, 0.2) is 0 Å². The molecular formula is C20H38. The van der Waals surface area contributed by atoms with Crippen LogP contribution >= 0.6 is 0 Å². The minimum absolute atomic E-state index is 1.16. The van der Waals surface area contributed by atoms with Gasteiger partial charge in [0.05, 0.1) is 0 Å². The van der Waals surface area contributed by atoms with Crippen molar-refractivity contribution in [2.45, 2.75) is 104 Å². The number of rotatable bonds is 13. The normalized spacial score (nSPS) is 30.9. The molecular weight excluding hydrogens is 240 g/mol. The van der Waals surface area contributed by atoms with Gasteiger partial charge < -0.3 is 0 Å². The van der Waals surface area contributed by atoms with Gasteiger partial charge in [-0.25, -0.2) is 0 Å². The van der Waals surface area contributed by atoms with Crippen molar-refractivity contribution in [3.05, 3.63) is 0 Å². The summed E-state index contributed by atoms with van der Waals surface area (Å²) in [6.45, 7) is 4.63. The molecule has 0 spiro atoms. The third-order valence-electron chi connectivity index (χ3n) is 6.07. The summed E-state index contributed by atoms with van der Waals surface area (Å²) in [7, 11) is 0. The van der Waals surface area contributed by atoms with Crippen molar-refractivity contribution in [2.75, 3.05) is 0 Å². The van der Waals surface area contributed by atoms with Crippen molar-refractivity contribution in [1.82, 2.24) is 0 Å². The van der Waals surface area contributed by atoms with Crippen molar-refractivity contribution in [3.63, 3.8) is 0 Å². The van der Waals surface area contributed by atoms with Crippen LogP contribution in [-0.2, 0) is 0 Å². The second-order valence-electron chi connectivity index (χ2n) is 7.65. The largest absolute Gasteiger partial charge is 0.0654 e. The molecule has 0 nitrogen and oxygen atoms in total. The molecule has 0 heterocycles. The van der Waals surface area contributed by atoms with Gasteiger partial charge in [-0.1, -0.05) is 84.5 Å². The summed E-state index contributed by atoms with van der Waals surface area (Å²) < 4.78 is 0. The van der Waals surface area contributed by atoms with E-state index in [1.807, 2.05) is 0 Å². The van der Waals surface area contributed by atoms with Crippen LogP contribution in [0.3, 0.4) is 0 Å². The maximum absolute atomic E-state index is 2.32. The zero-order valence-electron chi connectivity index (χ0n) is 14.2. The zero-order chi connectivity index (χ0) is 14.2. The monoisotopic (exact) mass is 278 g/mol. The van der Waals surface area contributed by atoms with E-state index in [1.165, 1.54) is 82.5 Å². The Bertz CT molecular complexity index is 244. The second kappa shape index (κ2) is 9.11. The van der Waals surface area contributed by atoms with Crippen LogP contribution in [0.5, 0.6) is 0 Å². The Morgan fingerprint density at radius 3 is 1.45 bits per heavy atom. The van der Waals surface area contributed by atoms with Gasteiger partial charge >= 0.3 is 0 Å². The average molecular weight is 279 g/mol. The number of hydrogen-bond donors (Lipinski definition) is 0. The van der Waals surface area contributed by atoms with Crippen molar-refractivity contribution >= 4 is 0 Å². The maximum atomic E-state index is 2.32. The molecule has 0 heteroatoms. The summed E-state index contributed by atoms with van der Waals surface area (Å²) in [6.07, 6.45) is 21.0. The first-order chi connectivity index (χ1) is 9.88. The van der Waals surface area contributed by atoms with Crippen LogP contribution in [0.15, 0.2) is 0 Å². The lowest BCUT2D eigenvalue weighted by Crippen LogP contribution is -2.29. The van der Waals surface area contributed by atoms with Gasteiger partial charge in [0.1, 0.15) is 0 Å². The molecule has 0 aromatic rings. The highest BCUT2D eigenvalue weighted by Crippen LogP contribution is 2.66. The predicted octanol–water partition coefficient (Wildman–Crippen LogP) is 6.98. The van der Waals surface area contributed by atoms with Gasteiger partial charge in [-0.05, 0) is 42.9 Å². The van der Waals surface area contributed by atoms with E-state index in [2.05, 4.69) is 13.8 Å². The second-order valence-corrected chi connectivity index (χ2v) is 7.65. The Morgan fingerprint density at radius 1 is 0.550 bits per heavy atom. The molecule has 118 valence electrons.